The van der Waals surface area contributed by atoms with E-state index in [2.05, 4.69) is 5.32 Å². The molecule has 1 N–H and O–H groups in total. The van der Waals surface area contributed by atoms with Gasteiger partial charge in [-0.2, -0.15) is 13.2 Å². The molecule has 8 heteroatoms. The number of anilines is 1. The van der Waals surface area contributed by atoms with Gasteiger partial charge in [-0.1, -0.05) is 12.1 Å². The minimum Gasteiger partial charge on any atom is -0.495 e. The molecule has 0 unspecified atom stereocenters. The van der Waals surface area contributed by atoms with Gasteiger partial charge in [-0.25, -0.2) is 4.39 Å². The summed E-state index contributed by atoms with van der Waals surface area (Å²) in [5, 5.41) is 3.32. The second-order valence-electron chi connectivity index (χ2n) is 7.71. The van der Waals surface area contributed by atoms with Gasteiger partial charge in [-0.15, -0.1) is 0 Å². The first-order valence-corrected chi connectivity index (χ1v) is 9.87. The van der Waals surface area contributed by atoms with Crippen LogP contribution in [0.25, 0.3) is 11.1 Å². The number of rotatable bonds is 3. The molecule has 2 aliphatic rings. The predicted molar refractivity (Wildman–Crippen MR) is 105 cm³/mol. The minimum atomic E-state index is -4.53. The van der Waals surface area contributed by atoms with Gasteiger partial charge < -0.3 is 15.0 Å². The molecule has 0 saturated carbocycles. The molecule has 0 bridgehead atoms. The third-order valence-electron chi connectivity index (χ3n) is 5.93. The number of benzene rings is 2. The van der Waals surface area contributed by atoms with E-state index in [9.17, 15) is 18.0 Å². The lowest BCUT2D eigenvalue weighted by Crippen LogP contribution is -2.55. The number of methoxy groups -OCH3 is 1. The van der Waals surface area contributed by atoms with Crippen LogP contribution in [0.2, 0.25) is 0 Å². The lowest BCUT2D eigenvalue weighted by molar-refractivity contribution is -0.137. The van der Waals surface area contributed by atoms with Crippen molar-refractivity contribution in [3.63, 3.8) is 0 Å². The Morgan fingerprint density at radius 2 is 1.97 bits per heavy atom. The molecule has 2 aromatic rings. The Hall–Kier alpha value is -2.61. The number of alkyl halides is 3. The van der Waals surface area contributed by atoms with Crippen LogP contribution in [0.5, 0.6) is 5.75 Å². The van der Waals surface area contributed by atoms with Crippen molar-refractivity contribution in [3.8, 4) is 16.9 Å². The van der Waals surface area contributed by atoms with Crippen molar-refractivity contribution >= 4 is 11.6 Å². The van der Waals surface area contributed by atoms with E-state index in [1.54, 1.807) is 4.90 Å². The Kier molecular flexibility index (Phi) is 5.44. The summed E-state index contributed by atoms with van der Waals surface area (Å²) in [5.41, 5.74) is -0.441. The second kappa shape index (κ2) is 7.91. The Morgan fingerprint density at radius 3 is 2.70 bits per heavy atom. The highest BCUT2D eigenvalue weighted by Crippen LogP contribution is 2.41. The standard InChI is InChI=1S/C22H22F4N2O2/c1-30-20-10-16(13-3-2-4-15(9-13)22(24,25)26)17(23)11-19(20)28-18-7-8-27-12-14(18)5-6-21(28)29/h2-4,9-11,14,18,27H,5-8,12H2,1H3/t14-,18+/m0/s1. The molecule has 4 rings (SSSR count). The number of nitrogens with one attached hydrogen (secondary N) is 1. The van der Waals surface area contributed by atoms with E-state index < -0.39 is 17.6 Å². The van der Waals surface area contributed by atoms with Gasteiger partial charge in [0.1, 0.15) is 11.6 Å². The molecule has 2 aliphatic heterocycles. The number of amides is 1. The van der Waals surface area contributed by atoms with Crippen LogP contribution in [-0.2, 0) is 11.0 Å². The molecule has 2 atom stereocenters. The molecule has 0 spiro atoms. The molecule has 0 aliphatic carbocycles. The SMILES string of the molecule is COc1cc(-c2cccc(C(F)(F)F)c2)c(F)cc1N1C(=O)CC[C@H]2CNCC[C@H]21. The van der Waals surface area contributed by atoms with Gasteiger partial charge in [-0.3, -0.25) is 4.79 Å². The number of hydrogen-bond donors (Lipinski definition) is 1. The average molecular weight is 422 g/mol. The third-order valence-corrected chi connectivity index (χ3v) is 5.93. The highest BCUT2D eigenvalue weighted by Gasteiger charge is 2.39. The second-order valence-corrected chi connectivity index (χ2v) is 7.71. The predicted octanol–water partition coefficient (Wildman–Crippen LogP) is 4.63. The maximum Gasteiger partial charge on any atom is 0.416 e. The van der Waals surface area contributed by atoms with Crippen molar-refractivity contribution in [2.75, 3.05) is 25.1 Å². The number of halogens is 4. The van der Waals surface area contributed by atoms with Crippen LogP contribution in [0.1, 0.15) is 24.8 Å². The first kappa shape index (κ1) is 20.7. The van der Waals surface area contributed by atoms with Crippen LogP contribution in [0.3, 0.4) is 0 Å². The highest BCUT2D eigenvalue weighted by atomic mass is 19.4. The van der Waals surface area contributed by atoms with Crippen molar-refractivity contribution in [2.45, 2.75) is 31.5 Å². The van der Waals surface area contributed by atoms with Crippen LogP contribution in [-0.4, -0.2) is 32.1 Å². The zero-order valence-electron chi connectivity index (χ0n) is 16.4. The summed E-state index contributed by atoms with van der Waals surface area (Å²) in [6.45, 7) is 1.56. The van der Waals surface area contributed by atoms with E-state index in [0.29, 0.717) is 12.1 Å². The molecule has 2 heterocycles. The Labute approximate surface area is 171 Å². The van der Waals surface area contributed by atoms with Gasteiger partial charge in [0.25, 0.3) is 0 Å². The molecule has 2 fully saturated rings. The third kappa shape index (κ3) is 3.76. The number of carbonyl (C=O) groups excluding carboxylic acids is 1. The Morgan fingerprint density at radius 1 is 1.17 bits per heavy atom. The van der Waals surface area contributed by atoms with Crippen LogP contribution in [0.4, 0.5) is 23.2 Å². The highest BCUT2D eigenvalue weighted by molar-refractivity contribution is 5.97. The summed E-state index contributed by atoms with van der Waals surface area (Å²) >= 11 is 0. The molecule has 0 aromatic heterocycles. The molecule has 30 heavy (non-hydrogen) atoms. The normalized spacial score (nSPS) is 22.0. The molecule has 1 amide bonds. The molecule has 160 valence electrons. The quantitative estimate of drug-likeness (QED) is 0.734. The maximum atomic E-state index is 15.1. The molecule has 2 saturated heterocycles. The number of fused-ring (bicyclic) bond motifs is 1. The number of nitrogens with zero attached hydrogens (tertiary/aromatic N) is 1. The van der Waals surface area contributed by atoms with Crippen molar-refractivity contribution in [1.82, 2.24) is 5.32 Å². The largest absolute Gasteiger partial charge is 0.495 e. The number of ether oxygens (including phenoxy) is 1. The van der Waals surface area contributed by atoms with Gasteiger partial charge in [0.05, 0.1) is 18.4 Å². The minimum absolute atomic E-state index is 0.00646. The maximum absolute atomic E-state index is 15.1. The fourth-order valence-corrected chi connectivity index (χ4v) is 4.45. The summed E-state index contributed by atoms with van der Waals surface area (Å²) in [6, 6.07) is 7.03. The number of hydrogen-bond acceptors (Lipinski definition) is 3. The molecular formula is C22H22F4N2O2. The molecule has 4 nitrogen and oxygen atoms in total. The monoisotopic (exact) mass is 422 g/mol. The van der Waals surface area contributed by atoms with Crippen molar-refractivity contribution < 1.29 is 27.1 Å². The van der Waals surface area contributed by atoms with Crippen molar-refractivity contribution in [1.29, 1.82) is 0 Å². The fraction of sp³-hybridized carbons (Fsp3) is 0.409. The van der Waals surface area contributed by atoms with E-state index in [1.165, 1.54) is 31.4 Å². The zero-order chi connectivity index (χ0) is 21.5. The van der Waals surface area contributed by atoms with E-state index in [0.717, 1.165) is 38.1 Å². The first-order valence-electron chi connectivity index (χ1n) is 9.87. The van der Waals surface area contributed by atoms with E-state index >= 15 is 4.39 Å². The molecule has 2 aromatic carbocycles. The van der Waals surface area contributed by atoms with Gasteiger partial charge in [-0.05, 0) is 55.6 Å². The van der Waals surface area contributed by atoms with Gasteiger partial charge in [0.15, 0.2) is 0 Å². The van der Waals surface area contributed by atoms with Gasteiger partial charge in [0.2, 0.25) is 5.91 Å². The lowest BCUT2D eigenvalue weighted by atomic mass is 9.84. The molecule has 0 radical (unpaired) electrons. The van der Waals surface area contributed by atoms with E-state index in [-0.39, 0.29) is 34.7 Å². The summed E-state index contributed by atoms with van der Waals surface area (Å²) in [5.74, 6) is -0.264. The van der Waals surface area contributed by atoms with Crippen LogP contribution in [0, 0.1) is 11.7 Å². The first-order chi connectivity index (χ1) is 14.3. The lowest BCUT2D eigenvalue weighted by Gasteiger charge is -2.44. The zero-order valence-corrected chi connectivity index (χ0v) is 16.4. The fourth-order valence-electron chi connectivity index (χ4n) is 4.45. The van der Waals surface area contributed by atoms with E-state index in [4.69, 9.17) is 4.74 Å². The van der Waals surface area contributed by atoms with Crippen LogP contribution in [0.15, 0.2) is 36.4 Å². The Balaban J connectivity index is 1.77. The summed E-state index contributed by atoms with van der Waals surface area (Å²) in [6.07, 6.45) is -2.64. The van der Waals surface area contributed by atoms with Gasteiger partial charge in [0, 0.05) is 24.1 Å². The van der Waals surface area contributed by atoms with Crippen molar-refractivity contribution in [2.24, 2.45) is 5.92 Å². The summed E-state index contributed by atoms with van der Waals surface area (Å²) < 4.78 is 59.8. The average Bonchev–Trinajstić information content (AvgIpc) is 2.73. The Bertz CT molecular complexity index is 961. The number of piperidine rings is 2. The van der Waals surface area contributed by atoms with Crippen LogP contribution >= 0.6 is 0 Å². The van der Waals surface area contributed by atoms with Crippen molar-refractivity contribution in [3.05, 3.63) is 47.8 Å². The van der Waals surface area contributed by atoms with Gasteiger partial charge >= 0.3 is 6.18 Å². The molecular weight excluding hydrogens is 400 g/mol. The van der Waals surface area contributed by atoms with E-state index in [1.807, 2.05) is 0 Å². The number of carbonyl (C=O) groups is 1. The summed E-state index contributed by atoms with van der Waals surface area (Å²) in [4.78, 5) is 14.4. The summed E-state index contributed by atoms with van der Waals surface area (Å²) in [7, 11) is 1.40. The topological polar surface area (TPSA) is 41.6 Å². The van der Waals surface area contributed by atoms with Crippen LogP contribution < -0.4 is 15.0 Å². The smallest absolute Gasteiger partial charge is 0.416 e.